The Kier molecular flexibility index (Phi) is 2.63. The zero-order chi connectivity index (χ0) is 10.2. The SMILES string of the molecule is Nc1ccc(Cl)c(Cl)c1C(F)(F)F. The Morgan fingerprint density at radius 1 is 1.15 bits per heavy atom. The van der Waals surface area contributed by atoms with Crippen molar-refractivity contribution in [3.63, 3.8) is 0 Å². The van der Waals surface area contributed by atoms with E-state index in [0.29, 0.717) is 0 Å². The minimum absolute atomic E-state index is 0.164. The van der Waals surface area contributed by atoms with Crippen molar-refractivity contribution in [2.45, 2.75) is 6.18 Å². The van der Waals surface area contributed by atoms with Crippen LogP contribution in [0.25, 0.3) is 0 Å². The van der Waals surface area contributed by atoms with E-state index in [0.717, 1.165) is 6.07 Å². The predicted octanol–water partition coefficient (Wildman–Crippen LogP) is 3.59. The van der Waals surface area contributed by atoms with Gasteiger partial charge in [-0.2, -0.15) is 13.2 Å². The van der Waals surface area contributed by atoms with Crippen LogP contribution in [0.2, 0.25) is 10.0 Å². The van der Waals surface area contributed by atoms with Gasteiger partial charge in [0.05, 0.1) is 15.6 Å². The van der Waals surface area contributed by atoms with Gasteiger partial charge in [0.2, 0.25) is 0 Å². The molecule has 0 saturated carbocycles. The third kappa shape index (κ3) is 2.00. The first kappa shape index (κ1) is 10.5. The molecule has 1 rings (SSSR count). The minimum Gasteiger partial charge on any atom is -0.398 e. The van der Waals surface area contributed by atoms with Crippen molar-refractivity contribution in [3.05, 3.63) is 27.7 Å². The second-order valence-electron chi connectivity index (χ2n) is 2.32. The molecule has 0 amide bonds. The maximum atomic E-state index is 12.3. The van der Waals surface area contributed by atoms with Crippen molar-refractivity contribution < 1.29 is 13.2 Å². The molecule has 0 aliphatic carbocycles. The largest absolute Gasteiger partial charge is 0.419 e. The first-order valence-corrected chi connectivity index (χ1v) is 3.90. The van der Waals surface area contributed by atoms with Crippen LogP contribution in [0.5, 0.6) is 0 Å². The molecule has 1 aromatic rings. The van der Waals surface area contributed by atoms with E-state index in [-0.39, 0.29) is 5.02 Å². The summed E-state index contributed by atoms with van der Waals surface area (Å²) in [6.45, 7) is 0. The molecule has 1 aromatic carbocycles. The lowest BCUT2D eigenvalue weighted by Gasteiger charge is -2.12. The third-order valence-electron chi connectivity index (χ3n) is 1.41. The Morgan fingerprint density at radius 2 is 1.69 bits per heavy atom. The van der Waals surface area contributed by atoms with E-state index in [1.165, 1.54) is 6.07 Å². The minimum atomic E-state index is -4.58. The summed E-state index contributed by atoms with van der Waals surface area (Å²) in [6.07, 6.45) is -4.58. The molecule has 2 N–H and O–H groups in total. The fourth-order valence-electron chi connectivity index (χ4n) is 0.854. The highest BCUT2D eigenvalue weighted by Gasteiger charge is 2.36. The van der Waals surface area contributed by atoms with E-state index >= 15 is 0 Å². The number of benzene rings is 1. The Hall–Kier alpha value is -0.610. The number of halogens is 5. The molecular formula is C7H4Cl2F3N. The number of anilines is 1. The molecule has 72 valence electrons. The van der Waals surface area contributed by atoms with E-state index < -0.39 is 22.4 Å². The number of rotatable bonds is 0. The van der Waals surface area contributed by atoms with Crippen LogP contribution in [0.15, 0.2) is 12.1 Å². The van der Waals surface area contributed by atoms with Crippen molar-refractivity contribution >= 4 is 28.9 Å². The highest BCUT2D eigenvalue weighted by atomic mass is 35.5. The fraction of sp³-hybridized carbons (Fsp3) is 0.143. The highest BCUT2D eigenvalue weighted by Crippen LogP contribution is 2.41. The zero-order valence-electron chi connectivity index (χ0n) is 6.12. The first-order valence-electron chi connectivity index (χ1n) is 3.14. The second-order valence-corrected chi connectivity index (χ2v) is 3.11. The summed E-state index contributed by atoms with van der Waals surface area (Å²) < 4.78 is 36.8. The van der Waals surface area contributed by atoms with Gasteiger partial charge in [-0.15, -0.1) is 0 Å². The zero-order valence-corrected chi connectivity index (χ0v) is 7.63. The van der Waals surface area contributed by atoms with E-state index in [1.54, 1.807) is 0 Å². The molecule has 1 nitrogen and oxygen atoms in total. The summed E-state index contributed by atoms with van der Waals surface area (Å²) in [5.41, 5.74) is 3.60. The van der Waals surface area contributed by atoms with Gasteiger partial charge in [0.25, 0.3) is 0 Å². The normalized spacial score (nSPS) is 11.8. The topological polar surface area (TPSA) is 26.0 Å². The molecule has 0 spiro atoms. The monoisotopic (exact) mass is 229 g/mol. The van der Waals surface area contributed by atoms with Gasteiger partial charge >= 0.3 is 6.18 Å². The molecule has 0 radical (unpaired) electrons. The molecule has 0 atom stereocenters. The van der Waals surface area contributed by atoms with Gasteiger partial charge in [-0.25, -0.2) is 0 Å². The standard InChI is InChI=1S/C7H4Cl2F3N/c8-3-1-2-4(13)5(6(3)9)7(10,11)12/h1-2H,13H2. The molecule has 0 aromatic heterocycles. The van der Waals surface area contributed by atoms with Gasteiger partial charge in [0, 0.05) is 5.69 Å². The molecule has 0 unspecified atom stereocenters. The van der Waals surface area contributed by atoms with E-state index in [1.807, 2.05) is 0 Å². The van der Waals surface area contributed by atoms with Crippen molar-refractivity contribution in [1.82, 2.24) is 0 Å². The van der Waals surface area contributed by atoms with Crippen LogP contribution in [0.3, 0.4) is 0 Å². The average molecular weight is 230 g/mol. The quantitative estimate of drug-likeness (QED) is 0.677. The summed E-state index contributed by atoms with van der Waals surface area (Å²) in [7, 11) is 0. The Morgan fingerprint density at radius 3 is 2.08 bits per heavy atom. The summed E-state index contributed by atoms with van der Waals surface area (Å²) >= 11 is 10.8. The molecule has 0 saturated heterocycles. The van der Waals surface area contributed by atoms with Crippen LogP contribution in [0, 0.1) is 0 Å². The van der Waals surface area contributed by atoms with Crippen molar-refractivity contribution in [1.29, 1.82) is 0 Å². The van der Waals surface area contributed by atoms with Gasteiger partial charge in [0.15, 0.2) is 0 Å². The lowest BCUT2D eigenvalue weighted by Crippen LogP contribution is -2.09. The van der Waals surface area contributed by atoms with E-state index in [4.69, 9.17) is 28.9 Å². The molecule has 0 bridgehead atoms. The number of hydrogen-bond acceptors (Lipinski definition) is 1. The van der Waals surface area contributed by atoms with Gasteiger partial charge in [-0.05, 0) is 12.1 Å². The smallest absolute Gasteiger partial charge is 0.398 e. The molecule has 6 heteroatoms. The molecular weight excluding hydrogens is 226 g/mol. The second kappa shape index (κ2) is 3.27. The van der Waals surface area contributed by atoms with Crippen LogP contribution in [-0.4, -0.2) is 0 Å². The van der Waals surface area contributed by atoms with Crippen molar-refractivity contribution in [2.75, 3.05) is 5.73 Å². The van der Waals surface area contributed by atoms with Crippen molar-refractivity contribution in [2.24, 2.45) is 0 Å². The predicted molar refractivity (Wildman–Crippen MR) is 45.9 cm³/mol. The first-order chi connectivity index (χ1) is 5.84. The number of nitrogen functional groups attached to an aromatic ring is 1. The Bertz CT molecular complexity index is 335. The molecule has 13 heavy (non-hydrogen) atoms. The lowest BCUT2D eigenvalue weighted by molar-refractivity contribution is -0.136. The van der Waals surface area contributed by atoms with Gasteiger partial charge in [0.1, 0.15) is 0 Å². The van der Waals surface area contributed by atoms with E-state index in [9.17, 15) is 13.2 Å². The van der Waals surface area contributed by atoms with Gasteiger partial charge < -0.3 is 5.73 Å². The number of hydrogen-bond donors (Lipinski definition) is 1. The van der Waals surface area contributed by atoms with Crippen LogP contribution in [0.1, 0.15) is 5.56 Å². The summed E-state index contributed by atoms with van der Waals surface area (Å²) in [5.74, 6) is 0. The van der Waals surface area contributed by atoms with E-state index in [2.05, 4.69) is 0 Å². The maximum absolute atomic E-state index is 12.3. The number of alkyl halides is 3. The average Bonchev–Trinajstić information content (AvgIpc) is 1.95. The van der Waals surface area contributed by atoms with Crippen LogP contribution in [0.4, 0.5) is 18.9 Å². The maximum Gasteiger partial charge on any atom is 0.419 e. The summed E-state index contributed by atoms with van der Waals surface area (Å²) in [6, 6.07) is 2.28. The number of nitrogens with two attached hydrogens (primary N) is 1. The van der Waals surface area contributed by atoms with Crippen molar-refractivity contribution in [3.8, 4) is 0 Å². The molecule has 0 fully saturated rings. The summed E-state index contributed by atoms with van der Waals surface area (Å²) in [4.78, 5) is 0. The van der Waals surface area contributed by atoms with Gasteiger partial charge in [-0.3, -0.25) is 0 Å². The van der Waals surface area contributed by atoms with Crippen LogP contribution in [-0.2, 0) is 6.18 Å². The Balaban J connectivity index is 3.43. The lowest BCUT2D eigenvalue weighted by atomic mass is 10.2. The van der Waals surface area contributed by atoms with Crippen LogP contribution >= 0.6 is 23.2 Å². The third-order valence-corrected chi connectivity index (χ3v) is 2.21. The summed E-state index contributed by atoms with van der Waals surface area (Å²) in [5, 5.41) is -0.725. The Labute approximate surface area is 82.2 Å². The molecule has 0 heterocycles. The molecule has 0 aliphatic heterocycles. The van der Waals surface area contributed by atoms with Gasteiger partial charge in [-0.1, -0.05) is 23.2 Å². The highest BCUT2D eigenvalue weighted by molar-refractivity contribution is 6.42. The fourth-order valence-corrected chi connectivity index (χ4v) is 1.29. The van der Waals surface area contributed by atoms with Crippen LogP contribution < -0.4 is 5.73 Å². The molecule has 0 aliphatic rings.